The first kappa shape index (κ1) is 10.1. The van der Waals surface area contributed by atoms with Crippen molar-refractivity contribution in [2.75, 3.05) is 0 Å². The Labute approximate surface area is 114 Å². The fraction of sp³-hybridized carbons (Fsp3) is 0.133. The molecule has 1 aliphatic rings. The van der Waals surface area contributed by atoms with Gasteiger partial charge < -0.3 is 4.42 Å². The van der Waals surface area contributed by atoms with Crippen molar-refractivity contribution in [3.8, 4) is 11.5 Å². The number of pyridine rings is 2. The van der Waals surface area contributed by atoms with E-state index < -0.39 is 0 Å². The van der Waals surface area contributed by atoms with Gasteiger partial charge in [-0.3, -0.25) is 9.97 Å². The molecule has 0 bridgehead atoms. The number of aromatic nitrogens is 4. The van der Waals surface area contributed by atoms with Crippen LogP contribution in [-0.4, -0.2) is 14.5 Å². The molecular weight excluding hydrogens is 252 g/mol. The monoisotopic (exact) mass is 263 g/mol. The van der Waals surface area contributed by atoms with Crippen LogP contribution in [0, 0.1) is 0 Å². The fourth-order valence-electron chi connectivity index (χ4n) is 3.17. The van der Waals surface area contributed by atoms with Gasteiger partial charge in [0, 0.05) is 36.4 Å². The molecule has 20 heavy (non-hydrogen) atoms. The fourth-order valence-corrected chi connectivity index (χ4v) is 3.17. The van der Waals surface area contributed by atoms with Gasteiger partial charge in [0.2, 0.25) is 5.58 Å². The Hall–Kier alpha value is -2.69. The minimum Gasteiger partial charge on any atom is -0.413 e. The third-order valence-electron chi connectivity index (χ3n) is 4.09. The number of hydrogen-bond donors (Lipinski definition) is 0. The average molecular weight is 263 g/mol. The molecule has 4 aromatic rings. The van der Waals surface area contributed by atoms with Crippen molar-refractivity contribution in [2.24, 2.45) is 7.05 Å². The van der Waals surface area contributed by atoms with E-state index in [1.807, 2.05) is 30.7 Å². The summed E-state index contributed by atoms with van der Waals surface area (Å²) in [6.45, 7) is 0.809. The standard InChI is InChI=1S/C15H11N4O/c1-18-12-3-5-17-7-11(12)13-14(18)19-8-9-6-16-4-2-10(9)15(19)20-13/h2-7H,8H2,1H3/q+1. The zero-order valence-corrected chi connectivity index (χ0v) is 10.9. The van der Waals surface area contributed by atoms with Gasteiger partial charge in [-0.2, -0.15) is 4.57 Å². The molecule has 0 aliphatic carbocycles. The zero-order valence-electron chi connectivity index (χ0n) is 10.9. The first-order chi connectivity index (χ1) is 9.84. The molecule has 5 nitrogen and oxygen atoms in total. The summed E-state index contributed by atoms with van der Waals surface area (Å²) in [5.41, 5.74) is 5.48. The molecule has 5 heteroatoms. The average Bonchev–Trinajstić information content (AvgIpc) is 3.09. The summed E-state index contributed by atoms with van der Waals surface area (Å²) in [7, 11) is 2.06. The van der Waals surface area contributed by atoms with Crippen LogP contribution in [0.5, 0.6) is 0 Å². The van der Waals surface area contributed by atoms with E-state index in [4.69, 9.17) is 4.42 Å². The minimum absolute atomic E-state index is 0.809. The summed E-state index contributed by atoms with van der Waals surface area (Å²) in [5, 5.41) is 1.06. The van der Waals surface area contributed by atoms with Crippen LogP contribution in [0.25, 0.3) is 33.6 Å². The summed E-state index contributed by atoms with van der Waals surface area (Å²) in [6.07, 6.45) is 7.39. The van der Waals surface area contributed by atoms with Gasteiger partial charge in [0.1, 0.15) is 12.1 Å². The second-order valence-electron chi connectivity index (χ2n) is 5.13. The number of hydrogen-bond acceptors (Lipinski definition) is 3. The Morgan fingerprint density at radius 1 is 1.20 bits per heavy atom. The highest BCUT2D eigenvalue weighted by molar-refractivity contribution is 6.02. The zero-order chi connectivity index (χ0) is 13.3. The first-order valence-electron chi connectivity index (χ1n) is 6.52. The molecule has 0 saturated carbocycles. The summed E-state index contributed by atoms with van der Waals surface area (Å²) in [5.74, 6) is 0.911. The summed E-state index contributed by atoms with van der Waals surface area (Å²) in [6, 6.07) is 4.03. The third kappa shape index (κ3) is 1.02. The molecule has 0 amide bonds. The number of oxazole rings is 1. The number of fused-ring (bicyclic) bond motifs is 7. The van der Waals surface area contributed by atoms with E-state index >= 15 is 0 Å². The smallest absolute Gasteiger partial charge is 0.329 e. The molecule has 0 atom stereocenters. The molecule has 0 N–H and O–H groups in total. The number of nitrogens with zero attached hydrogens (tertiary/aromatic N) is 4. The van der Waals surface area contributed by atoms with Crippen LogP contribution in [0.4, 0.5) is 0 Å². The van der Waals surface area contributed by atoms with Gasteiger partial charge in [0.15, 0.2) is 0 Å². The minimum atomic E-state index is 0.809. The summed E-state index contributed by atoms with van der Waals surface area (Å²) < 4.78 is 10.5. The summed E-state index contributed by atoms with van der Waals surface area (Å²) >= 11 is 0. The molecule has 0 unspecified atom stereocenters. The highest BCUT2D eigenvalue weighted by atomic mass is 16.4. The van der Waals surface area contributed by atoms with Crippen molar-refractivity contribution in [1.29, 1.82) is 0 Å². The van der Waals surface area contributed by atoms with Gasteiger partial charge >= 0.3 is 5.65 Å². The molecule has 5 rings (SSSR count). The van der Waals surface area contributed by atoms with Gasteiger partial charge in [-0.1, -0.05) is 0 Å². The van der Waals surface area contributed by atoms with E-state index in [1.165, 1.54) is 5.56 Å². The lowest BCUT2D eigenvalue weighted by molar-refractivity contribution is -0.652. The molecule has 5 heterocycles. The molecule has 1 aliphatic heterocycles. The molecule has 0 radical (unpaired) electrons. The van der Waals surface area contributed by atoms with E-state index in [0.717, 1.165) is 40.1 Å². The lowest BCUT2D eigenvalue weighted by Crippen LogP contribution is -2.32. The van der Waals surface area contributed by atoms with Crippen molar-refractivity contribution in [1.82, 2.24) is 14.5 Å². The topological polar surface area (TPSA) is 47.7 Å². The Kier molecular flexibility index (Phi) is 1.65. The van der Waals surface area contributed by atoms with E-state index in [0.29, 0.717) is 0 Å². The maximum Gasteiger partial charge on any atom is 0.329 e. The van der Waals surface area contributed by atoms with Crippen molar-refractivity contribution in [2.45, 2.75) is 6.54 Å². The van der Waals surface area contributed by atoms with Crippen molar-refractivity contribution in [3.63, 3.8) is 0 Å². The van der Waals surface area contributed by atoms with Crippen LogP contribution in [0.2, 0.25) is 0 Å². The maximum absolute atomic E-state index is 6.15. The summed E-state index contributed by atoms with van der Waals surface area (Å²) in [4.78, 5) is 8.40. The lowest BCUT2D eigenvalue weighted by Gasteiger charge is -1.91. The maximum atomic E-state index is 6.15. The van der Waals surface area contributed by atoms with Crippen LogP contribution in [0.3, 0.4) is 0 Å². The molecule has 0 aromatic carbocycles. The number of aryl methyl sites for hydroxylation is 1. The Bertz CT molecular complexity index is 996. The molecular formula is C15H11N4O+. The lowest BCUT2D eigenvalue weighted by atomic mass is 10.2. The van der Waals surface area contributed by atoms with Crippen LogP contribution in [0.15, 0.2) is 41.3 Å². The van der Waals surface area contributed by atoms with E-state index in [2.05, 4.69) is 26.1 Å². The van der Waals surface area contributed by atoms with Crippen molar-refractivity contribution < 1.29 is 8.98 Å². The van der Waals surface area contributed by atoms with E-state index in [9.17, 15) is 0 Å². The van der Waals surface area contributed by atoms with Crippen molar-refractivity contribution >= 4 is 22.1 Å². The second-order valence-corrected chi connectivity index (χ2v) is 5.13. The highest BCUT2D eigenvalue weighted by Gasteiger charge is 2.34. The van der Waals surface area contributed by atoms with Crippen LogP contribution in [0.1, 0.15) is 5.56 Å². The molecule has 4 aromatic heterocycles. The van der Waals surface area contributed by atoms with Gasteiger partial charge in [-0.25, -0.2) is 4.57 Å². The molecule has 0 saturated heterocycles. The van der Waals surface area contributed by atoms with Gasteiger partial charge in [0.05, 0.1) is 18.0 Å². The Morgan fingerprint density at radius 2 is 2.05 bits per heavy atom. The predicted octanol–water partition coefficient (Wildman–Crippen LogP) is 2.03. The SMILES string of the molecule is Cn1c2ccncc2c2oc3[n+](c21)Cc1cnccc1-3. The second kappa shape index (κ2) is 3.25. The highest BCUT2D eigenvalue weighted by Crippen LogP contribution is 2.34. The molecule has 0 fully saturated rings. The normalized spacial score (nSPS) is 13.1. The quantitative estimate of drug-likeness (QED) is 0.402. The van der Waals surface area contributed by atoms with Gasteiger partial charge in [-0.05, 0) is 6.07 Å². The van der Waals surface area contributed by atoms with Gasteiger partial charge in [-0.15, -0.1) is 0 Å². The predicted molar refractivity (Wildman–Crippen MR) is 73.0 cm³/mol. The van der Waals surface area contributed by atoms with Crippen LogP contribution in [-0.2, 0) is 13.6 Å². The van der Waals surface area contributed by atoms with E-state index in [1.54, 1.807) is 6.20 Å². The number of rotatable bonds is 0. The van der Waals surface area contributed by atoms with Crippen molar-refractivity contribution in [3.05, 3.63) is 42.5 Å². The Balaban J connectivity index is 1.97. The third-order valence-corrected chi connectivity index (χ3v) is 4.09. The van der Waals surface area contributed by atoms with Gasteiger partial charge in [0.25, 0.3) is 5.89 Å². The van der Waals surface area contributed by atoms with E-state index in [-0.39, 0.29) is 0 Å². The first-order valence-corrected chi connectivity index (χ1v) is 6.52. The van der Waals surface area contributed by atoms with Crippen LogP contribution < -0.4 is 4.57 Å². The molecule has 96 valence electrons. The van der Waals surface area contributed by atoms with Crippen LogP contribution >= 0.6 is 0 Å². The largest absolute Gasteiger partial charge is 0.413 e. The molecule has 0 spiro atoms. The Morgan fingerprint density at radius 3 is 3.00 bits per heavy atom.